The molecular formula is C13H23N3. The summed E-state index contributed by atoms with van der Waals surface area (Å²) in [5, 5.41) is 3.40. The maximum absolute atomic E-state index is 4.26. The molecule has 1 saturated carbocycles. The monoisotopic (exact) mass is 221 g/mol. The van der Waals surface area contributed by atoms with Gasteiger partial charge in [0.2, 0.25) is 5.95 Å². The van der Waals surface area contributed by atoms with Gasteiger partial charge in [-0.05, 0) is 18.3 Å². The van der Waals surface area contributed by atoms with E-state index >= 15 is 0 Å². The largest absolute Gasteiger partial charge is 0.356 e. The summed E-state index contributed by atoms with van der Waals surface area (Å²) in [6.45, 7) is 3.44. The van der Waals surface area contributed by atoms with Crippen LogP contribution < -0.4 is 5.32 Å². The highest BCUT2D eigenvalue weighted by molar-refractivity contribution is 5.24. The van der Waals surface area contributed by atoms with Gasteiger partial charge in [-0.2, -0.15) is 0 Å². The zero-order chi connectivity index (χ0) is 11.4. The van der Waals surface area contributed by atoms with Crippen molar-refractivity contribution in [3.05, 3.63) is 12.4 Å². The van der Waals surface area contributed by atoms with E-state index in [9.17, 15) is 0 Å². The Morgan fingerprint density at radius 2 is 2.12 bits per heavy atom. The quantitative estimate of drug-likeness (QED) is 0.847. The van der Waals surface area contributed by atoms with E-state index in [1.54, 1.807) is 0 Å². The van der Waals surface area contributed by atoms with Crippen molar-refractivity contribution >= 4 is 5.95 Å². The molecule has 3 nitrogen and oxygen atoms in total. The minimum atomic E-state index is 0.934. The van der Waals surface area contributed by atoms with Crippen LogP contribution >= 0.6 is 0 Å². The maximum atomic E-state index is 4.26. The highest BCUT2D eigenvalue weighted by Crippen LogP contribution is 2.30. The summed E-state index contributed by atoms with van der Waals surface area (Å²) in [5.41, 5.74) is 0. The van der Waals surface area contributed by atoms with Crippen LogP contribution in [0.1, 0.15) is 39.0 Å². The summed E-state index contributed by atoms with van der Waals surface area (Å²) in [6, 6.07) is 0. The van der Waals surface area contributed by atoms with Crippen LogP contribution in [0.2, 0.25) is 0 Å². The Morgan fingerprint density at radius 1 is 1.38 bits per heavy atom. The second kappa shape index (κ2) is 5.37. The number of nitrogens with zero attached hydrogens (tertiary/aromatic N) is 2. The average molecular weight is 221 g/mol. The third kappa shape index (κ3) is 3.00. The van der Waals surface area contributed by atoms with Crippen LogP contribution in [0.25, 0.3) is 0 Å². The predicted molar refractivity (Wildman–Crippen MR) is 67.4 cm³/mol. The number of aromatic nitrogens is 2. The predicted octanol–water partition coefficient (Wildman–Crippen LogP) is 3.05. The van der Waals surface area contributed by atoms with Crippen molar-refractivity contribution < 1.29 is 0 Å². The summed E-state index contributed by atoms with van der Waals surface area (Å²) in [4.78, 5) is 4.26. The molecule has 16 heavy (non-hydrogen) atoms. The first-order valence-corrected chi connectivity index (χ1v) is 6.47. The fourth-order valence-corrected chi connectivity index (χ4v) is 2.54. The first kappa shape index (κ1) is 11.5. The summed E-state index contributed by atoms with van der Waals surface area (Å²) in [5.74, 6) is 2.88. The normalized spacial score (nSPS) is 25.6. The van der Waals surface area contributed by atoms with Crippen LogP contribution in [-0.4, -0.2) is 16.1 Å². The number of hydrogen-bond donors (Lipinski definition) is 1. The maximum Gasteiger partial charge on any atom is 0.202 e. The lowest BCUT2D eigenvalue weighted by Gasteiger charge is -2.26. The molecule has 0 aliphatic heterocycles. The highest BCUT2D eigenvalue weighted by atomic mass is 15.2. The van der Waals surface area contributed by atoms with Crippen molar-refractivity contribution in [2.75, 3.05) is 11.9 Å². The van der Waals surface area contributed by atoms with Gasteiger partial charge in [0.05, 0.1) is 0 Å². The van der Waals surface area contributed by atoms with Crippen LogP contribution in [0.5, 0.6) is 0 Å². The molecule has 1 heterocycles. The van der Waals surface area contributed by atoms with Crippen molar-refractivity contribution in [1.29, 1.82) is 0 Å². The van der Waals surface area contributed by atoms with Crippen LogP contribution in [0.3, 0.4) is 0 Å². The second-order valence-electron chi connectivity index (χ2n) is 5.20. The van der Waals surface area contributed by atoms with E-state index in [1.807, 2.05) is 24.0 Å². The van der Waals surface area contributed by atoms with Gasteiger partial charge in [0, 0.05) is 26.0 Å². The van der Waals surface area contributed by atoms with E-state index in [2.05, 4.69) is 17.2 Å². The molecule has 0 unspecified atom stereocenters. The van der Waals surface area contributed by atoms with Crippen molar-refractivity contribution in [3.63, 3.8) is 0 Å². The first-order valence-electron chi connectivity index (χ1n) is 6.47. The zero-order valence-corrected chi connectivity index (χ0v) is 10.4. The van der Waals surface area contributed by atoms with E-state index in [-0.39, 0.29) is 0 Å². The Hall–Kier alpha value is -0.990. The molecule has 0 atom stereocenters. The van der Waals surface area contributed by atoms with Gasteiger partial charge in [0.15, 0.2) is 0 Å². The molecule has 0 bridgehead atoms. The summed E-state index contributed by atoms with van der Waals surface area (Å²) in [7, 11) is 2.03. The van der Waals surface area contributed by atoms with E-state index in [1.165, 1.54) is 32.1 Å². The van der Waals surface area contributed by atoms with Gasteiger partial charge >= 0.3 is 0 Å². The Labute approximate surface area is 98.3 Å². The zero-order valence-electron chi connectivity index (χ0n) is 10.4. The minimum Gasteiger partial charge on any atom is -0.356 e. The lowest BCUT2D eigenvalue weighted by atomic mass is 9.81. The van der Waals surface area contributed by atoms with Crippen molar-refractivity contribution in [1.82, 2.24) is 9.55 Å². The molecule has 1 aliphatic rings. The smallest absolute Gasteiger partial charge is 0.202 e. The average Bonchev–Trinajstić information content (AvgIpc) is 2.68. The van der Waals surface area contributed by atoms with Crippen LogP contribution in [0.4, 0.5) is 5.95 Å². The number of nitrogens with one attached hydrogen (secondary N) is 1. The molecule has 1 aromatic rings. The number of anilines is 1. The van der Waals surface area contributed by atoms with Crippen LogP contribution in [-0.2, 0) is 7.05 Å². The van der Waals surface area contributed by atoms with E-state index in [0.717, 1.165) is 24.3 Å². The Balaban J connectivity index is 1.67. The minimum absolute atomic E-state index is 0.934. The van der Waals surface area contributed by atoms with Crippen molar-refractivity contribution in [3.8, 4) is 0 Å². The molecule has 3 heteroatoms. The molecule has 0 amide bonds. The van der Waals surface area contributed by atoms with Gasteiger partial charge in [0.25, 0.3) is 0 Å². The summed E-state index contributed by atoms with van der Waals surface area (Å²) < 4.78 is 2.03. The number of rotatable bonds is 4. The van der Waals surface area contributed by atoms with Gasteiger partial charge in [-0.3, -0.25) is 0 Å². The molecule has 1 fully saturated rings. The van der Waals surface area contributed by atoms with E-state index in [4.69, 9.17) is 0 Å². The molecule has 1 N–H and O–H groups in total. The second-order valence-corrected chi connectivity index (χ2v) is 5.20. The SMILES string of the molecule is CC1CCC(CCNc2nccn2C)CC1. The molecular weight excluding hydrogens is 198 g/mol. The fourth-order valence-electron chi connectivity index (χ4n) is 2.54. The van der Waals surface area contributed by atoms with Crippen molar-refractivity contribution in [2.45, 2.75) is 39.0 Å². The lowest BCUT2D eigenvalue weighted by molar-refractivity contribution is 0.281. The number of hydrogen-bond acceptors (Lipinski definition) is 2. The van der Waals surface area contributed by atoms with Crippen LogP contribution in [0, 0.1) is 11.8 Å². The summed E-state index contributed by atoms with van der Waals surface area (Å²) >= 11 is 0. The Morgan fingerprint density at radius 3 is 2.75 bits per heavy atom. The lowest BCUT2D eigenvalue weighted by Crippen LogP contribution is -2.16. The molecule has 0 radical (unpaired) electrons. The molecule has 0 saturated heterocycles. The third-order valence-electron chi connectivity index (χ3n) is 3.79. The molecule has 90 valence electrons. The molecule has 1 aliphatic carbocycles. The van der Waals surface area contributed by atoms with Gasteiger partial charge in [-0.25, -0.2) is 4.98 Å². The van der Waals surface area contributed by atoms with Gasteiger partial charge in [-0.1, -0.05) is 32.6 Å². The topological polar surface area (TPSA) is 29.9 Å². The van der Waals surface area contributed by atoms with E-state index in [0.29, 0.717) is 0 Å². The highest BCUT2D eigenvalue weighted by Gasteiger charge is 2.17. The Bertz CT molecular complexity index is 311. The molecule has 0 aromatic carbocycles. The number of imidazole rings is 1. The van der Waals surface area contributed by atoms with Crippen molar-refractivity contribution in [2.24, 2.45) is 18.9 Å². The summed E-state index contributed by atoms with van der Waals surface area (Å²) in [6.07, 6.45) is 10.8. The Kier molecular flexibility index (Phi) is 3.86. The van der Waals surface area contributed by atoms with Gasteiger partial charge in [-0.15, -0.1) is 0 Å². The fraction of sp³-hybridized carbons (Fsp3) is 0.769. The molecule has 1 aromatic heterocycles. The first-order chi connectivity index (χ1) is 7.75. The standard InChI is InChI=1S/C13H23N3/c1-11-3-5-12(6-4-11)7-8-14-13-15-9-10-16(13)2/h9-12H,3-8H2,1-2H3,(H,14,15). The van der Waals surface area contributed by atoms with E-state index < -0.39 is 0 Å². The van der Waals surface area contributed by atoms with Gasteiger partial charge < -0.3 is 9.88 Å². The molecule has 2 rings (SSSR count). The number of aryl methyl sites for hydroxylation is 1. The third-order valence-corrected chi connectivity index (χ3v) is 3.79. The molecule has 0 spiro atoms. The van der Waals surface area contributed by atoms with Gasteiger partial charge in [0.1, 0.15) is 0 Å². The van der Waals surface area contributed by atoms with Crippen LogP contribution in [0.15, 0.2) is 12.4 Å².